The first kappa shape index (κ1) is 18.8. The molecule has 3 rings (SSSR count). The number of nitrogens with zero attached hydrogens (tertiary/aromatic N) is 1. The van der Waals surface area contributed by atoms with E-state index < -0.39 is 27.8 Å². The van der Waals surface area contributed by atoms with Crippen molar-refractivity contribution in [3.63, 3.8) is 0 Å². The zero-order valence-corrected chi connectivity index (χ0v) is 15.3. The summed E-state index contributed by atoms with van der Waals surface area (Å²) in [6, 6.07) is 6.02. The standard InChI is InChI=1S/C18H24N2O5S/c21-17(15-5-1-2-6-16(15)18(22)23)19-13-7-9-14(10-8-13)26(24,25)20-11-3-4-12-20/h7-10,15-16H,1-6,11-12H2,(H,19,21)(H,22,23)/p-1/t15-,16-/m0/s1. The zero-order chi connectivity index (χ0) is 18.7. The number of hydrogen-bond acceptors (Lipinski definition) is 5. The molecule has 0 bridgehead atoms. The maximum Gasteiger partial charge on any atom is 0.243 e. The Kier molecular flexibility index (Phi) is 5.62. The average Bonchev–Trinajstić information content (AvgIpc) is 3.17. The van der Waals surface area contributed by atoms with Crippen LogP contribution in [0.4, 0.5) is 5.69 Å². The van der Waals surface area contributed by atoms with E-state index in [0.29, 0.717) is 31.6 Å². The highest BCUT2D eigenvalue weighted by Crippen LogP contribution is 2.31. The van der Waals surface area contributed by atoms with E-state index in [1.807, 2.05) is 0 Å². The molecule has 1 aromatic rings. The molecule has 142 valence electrons. The third kappa shape index (κ3) is 3.91. The number of anilines is 1. The van der Waals surface area contributed by atoms with E-state index >= 15 is 0 Å². The van der Waals surface area contributed by atoms with E-state index in [9.17, 15) is 23.1 Å². The van der Waals surface area contributed by atoms with Crippen LogP contribution in [0.1, 0.15) is 38.5 Å². The summed E-state index contributed by atoms with van der Waals surface area (Å²) >= 11 is 0. The minimum Gasteiger partial charge on any atom is -0.550 e. The van der Waals surface area contributed by atoms with Crippen LogP contribution in [0.15, 0.2) is 29.2 Å². The number of rotatable bonds is 5. The van der Waals surface area contributed by atoms with Crippen molar-refractivity contribution in [1.29, 1.82) is 0 Å². The van der Waals surface area contributed by atoms with Gasteiger partial charge in [-0.05, 0) is 49.9 Å². The number of sulfonamides is 1. The van der Waals surface area contributed by atoms with E-state index in [2.05, 4.69) is 5.32 Å². The van der Waals surface area contributed by atoms with Crippen molar-refractivity contribution in [3.8, 4) is 0 Å². The van der Waals surface area contributed by atoms with Crippen LogP contribution in [0.2, 0.25) is 0 Å². The number of carboxylic acids is 1. The van der Waals surface area contributed by atoms with Crippen LogP contribution in [-0.4, -0.2) is 37.7 Å². The molecule has 0 unspecified atom stereocenters. The fraction of sp³-hybridized carbons (Fsp3) is 0.556. The lowest BCUT2D eigenvalue weighted by Crippen LogP contribution is -2.42. The minimum atomic E-state index is -3.49. The molecule has 1 saturated carbocycles. The highest BCUT2D eigenvalue weighted by molar-refractivity contribution is 7.89. The Morgan fingerprint density at radius 2 is 1.54 bits per heavy atom. The summed E-state index contributed by atoms with van der Waals surface area (Å²) in [6.45, 7) is 1.07. The van der Waals surface area contributed by atoms with Gasteiger partial charge >= 0.3 is 0 Å². The molecule has 1 aromatic carbocycles. The van der Waals surface area contributed by atoms with E-state index in [1.165, 1.54) is 28.6 Å². The Labute approximate surface area is 153 Å². The van der Waals surface area contributed by atoms with Crippen molar-refractivity contribution < 1.29 is 23.1 Å². The van der Waals surface area contributed by atoms with Gasteiger partial charge in [-0.25, -0.2) is 8.42 Å². The second kappa shape index (κ2) is 7.75. The molecule has 2 atom stereocenters. The molecule has 7 nitrogen and oxygen atoms in total. The summed E-state index contributed by atoms with van der Waals surface area (Å²) in [5, 5.41) is 13.9. The first-order chi connectivity index (χ1) is 12.4. The number of carbonyl (C=O) groups is 2. The van der Waals surface area contributed by atoms with Crippen LogP contribution in [0.25, 0.3) is 0 Å². The van der Waals surface area contributed by atoms with Crippen molar-refractivity contribution in [3.05, 3.63) is 24.3 Å². The summed E-state index contributed by atoms with van der Waals surface area (Å²) in [6.07, 6.45) is 4.31. The highest BCUT2D eigenvalue weighted by Gasteiger charge is 2.32. The summed E-state index contributed by atoms with van der Waals surface area (Å²) in [5.74, 6) is -2.91. The van der Waals surface area contributed by atoms with Crippen LogP contribution in [0.3, 0.4) is 0 Å². The van der Waals surface area contributed by atoms with Gasteiger partial charge in [0.1, 0.15) is 0 Å². The molecule has 1 heterocycles. The highest BCUT2D eigenvalue weighted by atomic mass is 32.2. The smallest absolute Gasteiger partial charge is 0.243 e. The van der Waals surface area contributed by atoms with Gasteiger partial charge in [-0.2, -0.15) is 4.31 Å². The number of hydrogen-bond donors (Lipinski definition) is 1. The molecule has 26 heavy (non-hydrogen) atoms. The van der Waals surface area contributed by atoms with Crippen LogP contribution in [0.5, 0.6) is 0 Å². The Morgan fingerprint density at radius 1 is 0.962 bits per heavy atom. The van der Waals surface area contributed by atoms with Gasteiger partial charge < -0.3 is 15.2 Å². The lowest BCUT2D eigenvalue weighted by Gasteiger charge is -2.31. The molecule has 1 aliphatic heterocycles. The van der Waals surface area contributed by atoms with Crippen molar-refractivity contribution in [2.45, 2.75) is 43.4 Å². The van der Waals surface area contributed by atoms with Crippen LogP contribution in [0, 0.1) is 11.8 Å². The number of carbonyl (C=O) groups excluding carboxylic acids is 2. The molecule has 1 saturated heterocycles. The van der Waals surface area contributed by atoms with Crippen LogP contribution < -0.4 is 10.4 Å². The molecule has 0 spiro atoms. The Balaban J connectivity index is 1.69. The van der Waals surface area contributed by atoms with E-state index in [4.69, 9.17) is 0 Å². The van der Waals surface area contributed by atoms with E-state index in [1.54, 1.807) is 0 Å². The number of carboxylic acid groups (broad SMARTS) is 1. The summed E-state index contributed by atoms with van der Waals surface area (Å²) in [7, 11) is -3.49. The Hall–Kier alpha value is -1.93. The molecule has 1 amide bonds. The van der Waals surface area contributed by atoms with Crippen molar-refractivity contribution in [2.24, 2.45) is 11.8 Å². The first-order valence-electron chi connectivity index (χ1n) is 9.01. The predicted octanol–water partition coefficient (Wildman–Crippen LogP) is 0.966. The fourth-order valence-electron chi connectivity index (χ4n) is 3.75. The number of aliphatic carboxylic acids is 1. The Bertz CT molecular complexity index is 769. The monoisotopic (exact) mass is 379 g/mol. The molecule has 2 fully saturated rings. The number of benzene rings is 1. The maximum absolute atomic E-state index is 12.5. The van der Waals surface area contributed by atoms with Crippen molar-refractivity contribution in [2.75, 3.05) is 18.4 Å². The van der Waals surface area contributed by atoms with E-state index in [-0.39, 0.29) is 10.8 Å². The average molecular weight is 379 g/mol. The summed E-state index contributed by atoms with van der Waals surface area (Å²) in [4.78, 5) is 23.9. The number of amides is 1. The van der Waals surface area contributed by atoms with Crippen LogP contribution in [-0.2, 0) is 19.6 Å². The second-order valence-corrected chi connectivity index (χ2v) is 8.88. The quantitative estimate of drug-likeness (QED) is 0.820. The molecular weight excluding hydrogens is 356 g/mol. The lowest BCUT2D eigenvalue weighted by atomic mass is 9.78. The first-order valence-corrected chi connectivity index (χ1v) is 10.5. The van der Waals surface area contributed by atoms with Gasteiger partial charge in [0, 0.05) is 36.6 Å². The molecule has 8 heteroatoms. The van der Waals surface area contributed by atoms with Gasteiger partial charge in [-0.1, -0.05) is 12.8 Å². The van der Waals surface area contributed by atoms with Crippen LogP contribution >= 0.6 is 0 Å². The van der Waals surface area contributed by atoms with Gasteiger partial charge in [-0.15, -0.1) is 0 Å². The van der Waals surface area contributed by atoms with Crippen molar-refractivity contribution in [1.82, 2.24) is 4.31 Å². The normalized spacial score (nSPS) is 24.3. The molecule has 0 aromatic heterocycles. The minimum absolute atomic E-state index is 0.197. The van der Waals surface area contributed by atoms with Gasteiger partial charge in [-0.3, -0.25) is 4.79 Å². The topological polar surface area (TPSA) is 107 Å². The van der Waals surface area contributed by atoms with Gasteiger partial charge in [0.05, 0.1) is 4.90 Å². The second-order valence-electron chi connectivity index (χ2n) is 6.94. The van der Waals surface area contributed by atoms with Gasteiger partial charge in [0.15, 0.2) is 0 Å². The molecule has 2 aliphatic rings. The molecule has 1 aliphatic carbocycles. The van der Waals surface area contributed by atoms with E-state index in [0.717, 1.165) is 25.7 Å². The lowest BCUT2D eigenvalue weighted by molar-refractivity contribution is -0.313. The number of nitrogens with one attached hydrogen (secondary N) is 1. The maximum atomic E-state index is 12.5. The predicted molar refractivity (Wildman–Crippen MR) is 93.5 cm³/mol. The molecule has 1 N–H and O–H groups in total. The zero-order valence-electron chi connectivity index (χ0n) is 14.5. The summed E-state index contributed by atoms with van der Waals surface area (Å²) in [5.41, 5.74) is 0.457. The SMILES string of the molecule is O=C([O-])[C@H]1CCCC[C@@H]1C(=O)Nc1ccc(S(=O)(=O)N2CCCC2)cc1. The van der Waals surface area contributed by atoms with Gasteiger partial charge in [0.25, 0.3) is 0 Å². The fourth-order valence-corrected chi connectivity index (χ4v) is 5.27. The third-order valence-electron chi connectivity index (χ3n) is 5.23. The third-order valence-corrected chi connectivity index (χ3v) is 7.14. The Morgan fingerprint density at radius 3 is 2.12 bits per heavy atom. The molecule has 0 radical (unpaired) electrons. The largest absolute Gasteiger partial charge is 0.550 e. The van der Waals surface area contributed by atoms with Crippen molar-refractivity contribution >= 4 is 27.6 Å². The molecular formula is C18H23N2O5S-. The van der Waals surface area contributed by atoms with Gasteiger partial charge in [0.2, 0.25) is 15.9 Å². The summed E-state index contributed by atoms with van der Waals surface area (Å²) < 4.78 is 26.5.